The number of hydrogen-bond acceptors (Lipinski definition) is 3. The lowest BCUT2D eigenvalue weighted by molar-refractivity contribution is -0.142. The topological polar surface area (TPSA) is 69.6 Å². The largest absolute Gasteiger partial charge is 0.481 e. The summed E-state index contributed by atoms with van der Waals surface area (Å²) in [6, 6.07) is 0. The van der Waals surface area contributed by atoms with Crippen LogP contribution in [0.3, 0.4) is 0 Å². The molecular weight excluding hydrogens is 256 g/mol. The van der Waals surface area contributed by atoms with E-state index in [1.165, 1.54) is 19.3 Å². The van der Waals surface area contributed by atoms with Gasteiger partial charge < -0.3 is 15.3 Å². The third-order valence-corrected chi connectivity index (χ3v) is 5.11. The van der Waals surface area contributed by atoms with Gasteiger partial charge in [0, 0.05) is 25.0 Å². The monoisotopic (exact) mass is 282 g/mol. The first-order valence-electron chi connectivity index (χ1n) is 7.67. The van der Waals surface area contributed by atoms with Crippen LogP contribution in [0.25, 0.3) is 0 Å². The van der Waals surface area contributed by atoms with Crippen molar-refractivity contribution in [3.8, 4) is 0 Å². The van der Waals surface area contributed by atoms with E-state index in [9.17, 15) is 9.59 Å². The highest BCUT2D eigenvalue weighted by Gasteiger charge is 2.40. The van der Waals surface area contributed by atoms with Gasteiger partial charge >= 0.3 is 5.97 Å². The molecule has 1 aliphatic carbocycles. The summed E-state index contributed by atoms with van der Waals surface area (Å²) in [5, 5.41) is 12.5. The molecule has 1 heterocycles. The van der Waals surface area contributed by atoms with E-state index in [1.807, 2.05) is 14.0 Å². The molecule has 1 aliphatic heterocycles. The first-order chi connectivity index (χ1) is 9.47. The van der Waals surface area contributed by atoms with E-state index in [4.69, 9.17) is 5.11 Å². The minimum atomic E-state index is -0.784. The first kappa shape index (κ1) is 15.3. The summed E-state index contributed by atoms with van der Waals surface area (Å²) in [5.74, 6) is -1.03. The molecule has 2 atom stereocenters. The molecule has 1 saturated carbocycles. The number of carboxylic acids is 1. The van der Waals surface area contributed by atoms with Crippen molar-refractivity contribution in [2.45, 2.75) is 51.0 Å². The summed E-state index contributed by atoms with van der Waals surface area (Å²) in [7, 11) is 1.94. The van der Waals surface area contributed by atoms with Crippen molar-refractivity contribution in [1.82, 2.24) is 10.2 Å². The van der Waals surface area contributed by atoms with Crippen molar-refractivity contribution >= 4 is 11.9 Å². The Morgan fingerprint density at radius 1 is 1.25 bits per heavy atom. The smallest absolute Gasteiger partial charge is 0.308 e. The molecule has 0 unspecified atom stereocenters. The molecule has 2 aliphatic rings. The number of rotatable bonds is 4. The molecule has 0 aromatic heterocycles. The molecule has 0 aromatic rings. The average molecular weight is 282 g/mol. The van der Waals surface area contributed by atoms with Crippen LogP contribution < -0.4 is 5.32 Å². The number of nitrogens with zero attached hydrogens (tertiary/aromatic N) is 1. The molecule has 1 saturated heterocycles. The van der Waals surface area contributed by atoms with Gasteiger partial charge in [0.2, 0.25) is 5.91 Å². The highest BCUT2D eigenvalue weighted by molar-refractivity contribution is 5.80. The van der Waals surface area contributed by atoms with Crippen LogP contribution in [-0.4, -0.2) is 47.6 Å². The fourth-order valence-corrected chi connectivity index (χ4v) is 3.64. The second-order valence-electron chi connectivity index (χ2n) is 6.49. The molecule has 114 valence electrons. The average Bonchev–Trinajstić information content (AvgIpc) is 2.82. The van der Waals surface area contributed by atoms with Gasteiger partial charge in [-0.15, -0.1) is 0 Å². The Bertz CT molecular complexity index is 377. The molecule has 20 heavy (non-hydrogen) atoms. The molecule has 0 aromatic carbocycles. The first-order valence-corrected chi connectivity index (χ1v) is 7.67. The lowest BCUT2D eigenvalue weighted by Crippen LogP contribution is -2.48. The van der Waals surface area contributed by atoms with Crippen molar-refractivity contribution in [1.29, 1.82) is 0 Å². The van der Waals surface area contributed by atoms with Crippen molar-refractivity contribution in [2.24, 2.45) is 11.8 Å². The van der Waals surface area contributed by atoms with Crippen LogP contribution in [0.2, 0.25) is 0 Å². The van der Waals surface area contributed by atoms with Gasteiger partial charge in [-0.3, -0.25) is 9.59 Å². The maximum absolute atomic E-state index is 12.5. The molecule has 5 nitrogen and oxygen atoms in total. The van der Waals surface area contributed by atoms with Crippen molar-refractivity contribution in [2.75, 3.05) is 20.1 Å². The van der Waals surface area contributed by atoms with Crippen LogP contribution in [-0.2, 0) is 9.59 Å². The van der Waals surface area contributed by atoms with Gasteiger partial charge in [-0.25, -0.2) is 0 Å². The number of hydrogen-bond donors (Lipinski definition) is 2. The van der Waals surface area contributed by atoms with Gasteiger partial charge in [0.15, 0.2) is 0 Å². The van der Waals surface area contributed by atoms with E-state index in [1.54, 1.807) is 4.90 Å². The predicted octanol–water partition coefficient (Wildman–Crippen LogP) is 1.48. The molecule has 2 fully saturated rings. The molecule has 2 N–H and O–H groups in total. The Kier molecular flexibility index (Phi) is 4.68. The lowest BCUT2D eigenvalue weighted by atomic mass is 9.79. The van der Waals surface area contributed by atoms with E-state index in [0.29, 0.717) is 19.5 Å². The molecule has 1 amide bonds. The summed E-state index contributed by atoms with van der Waals surface area (Å²) in [6.45, 7) is 2.87. The summed E-state index contributed by atoms with van der Waals surface area (Å²) in [5.41, 5.74) is -0.0696. The van der Waals surface area contributed by atoms with E-state index < -0.39 is 11.9 Å². The second-order valence-corrected chi connectivity index (χ2v) is 6.49. The Morgan fingerprint density at radius 2 is 1.90 bits per heavy atom. The zero-order valence-corrected chi connectivity index (χ0v) is 12.5. The Labute approximate surface area is 120 Å². The Balaban J connectivity index is 1.96. The third kappa shape index (κ3) is 3.14. The molecule has 2 rings (SSSR count). The molecular formula is C15H26N2O3. The van der Waals surface area contributed by atoms with Gasteiger partial charge in [0.25, 0.3) is 0 Å². The minimum absolute atomic E-state index is 0.0494. The predicted molar refractivity (Wildman–Crippen MR) is 76.4 cm³/mol. The van der Waals surface area contributed by atoms with Crippen LogP contribution >= 0.6 is 0 Å². The summed E-state index contributed by atoms with van der Waals surface area (Å²) in [4.78, 5) is 25.4. The van der Waals surface area contributed by atoms with E-state index in [2.05, 4.69) is 5.32 Å². The zero-order chi connectivity index (χ0) is 14.8. The van der Waals surface area contributed by atoms with Crippen LogP contribution in [0.15, 0.2) is 0 Å². The van der Waals surface area contributed by atoms with Crippen LogP contribution in [0.1, 0.15) is 45.4 Å². The number of aliphatic carboxylic acids is 1. The van der Waals surface area contributed by atoms with Gasteiger partial charge in [0.1, 0.15) is 0 Å². The van der Waals surface area contributed by atoms with Crippen LogP contribution in [0.5, 0.6) is 0 Å². The van der Waals surface area contributed by atoms with Crippen molar-refractivity contribution < 1.29 is 14.7 Å². The number of carbonyl (C=O) groups excluding carboxylic acids is 1. The summed E-state index contributed by atoms with van der Waals surface area (Å²) >= 11 is 0. The number of carbonyl (C=O) groups is 2. The maximum atomic E-state index is 12.5. The number of likely N-dealkylation sites (tertiary alicyclic amines) is 1. The lowest BCUT2D eigenvalue weighted by Gasteiger charge is -2.37. The van der Waals surface area contributed by atoms with Gasteiger partial charge in [-0.05, 0) is 25.8 Å². The SMILES string of the molecule is CNC1(CC(=O)N2C[C@@H](C)[C@H](C(=O)O)C2)CCCCC1. The quantitative estimate of drug-likeness (QED) is 0.819. The van der Waals surface area contributed by atoms with Crippen molar-refractivity contribution in [3.05, 3.63) is 0 Å². The van der Waals surface area contributed by atoms with Crippen molar-refractivity contribution in [3.63, 3.8) is 0 Å². The van der Waals surface area contributed by atoms with E-state index >= 15 is 0 Å². The third-order valence-electron chi connectivity index (χ3n) is 5.11. The Morgan fingerprint density at radius 3 is 2.40 bits per heavy atom. The van der Waals surface area contributed by atoms with Crippen LogP contribution in [0.4, 0.5) is 0 Å². The summed E-state index contributed by atoms with van der Waals surface area (Å²) in [6.07, 6.45) is 6.18. The van der Waals surface area contributed by atoms with Gasteiger partial charge in [0.05, 0.1) is 5.92 Å². The van der Waals surface area contributed by atoms with Gasteiger partial charge in [-0.1, -0.05) is 26.2 Å². The molecule has 0 radical (unpaired) electrons. The summed E-state index contributed by atoms with van der Waals surface area (Å²) < 4.78 is 0. The number of carboxylic acid groups (broad SMARTS) is 1. The molecule has 5 heteroatoms. The van der Waals surface area contributed by atoms with Crippen LogP contribution in [0, 0.1) is 11.8 Å². The zero-order valence-electron chi connectivity index (χ0n) is 12.5. The number of nitrogens with one attached hydrogen (secondary N) is 1. The molecule has 0 spiro atoms. The fourth-order valence-electron chi connectivity index (χ4n) is 3.64. The standard InChI is InChI=1S/C15H26N2O3/c1-11-9-17(10-12(11)14(19)20)13(18)8-15(16-2)6-4-3-5-7-15/h11-12,16H,3-10H2,1-2H3,(H,19,20)/t11-,12-/m1/s1. The van der Waals surface area contributed by atoms with E-state index in [-0.39, 0.29) is 17.4 Å². The van der Waals surface area contributed by atoms with E-state index in [0.717, 1.165) is 12.8 Å². The normalized spacial score (nSPS) is 29.4. The maximum Gasteiger partial charge on any atom is 0.308 e. The fraction of sp³-hybridized carbons (Fsp3) is 0.867. The minimum Gasteiger partial charge on any atom is -0.481 e. The molecule has 0 bridgehead atoms. The van der Waals surface area contributed by atoms with Gasteiger partial charge in [-0.2, -0.15) is 0 Å². The highest BCUT2D eigenvalue weighted by atomic mass is 16.4. The Hall–Kier alpha value is -1.10. The highest BCUT2D eigenvalue weighted by Crippen LogP contribution is 2.32. The second kappa shape index (κ2) is 6.12. The number of amides is 1.